The van der Waals surface area contributed by atoms with Crippen LogP contribution in [-0.2, 0) is 25.4 Å². The van der Waals surface area contributed by atoms with Gasteiger partial charge < -0.3 is 45.3 Å². The van der Waals surface area contributed by atoms with E-state index in [9.17, 15) is 32.3 Å². The molecule has 2 aromatic heterocycles. The van der Waals surface area contributed by atoms with Crippen molar-refractivity contribution in [1.82, 2.24) is 55.0 Å². The highest BCUT2D eigenvalue weighted by Gasteiger charge is 2.45. The fraction of sp³-hybridized carbons (Fsp3) is 0.685. The van der Waals surface area contributed by atoms with Crippen molar-refractivity contribution in [2.24, 2.45) is 11.8 Å². The molecule has 6 atom stereocenters. The number of carbonyl (C=O) groups excluding carboxylic acids is 4. The van der Waals surface area contributed by atoms with Gasteiger partial charge in [0.1, 0.15) is 18.2 Å². The average Bonchev–Trinajstić information content (AvgIpc) is 3.91. The van der Waals surface area contributed by atoms with E-state index in [1.54, 1.807) is 24.3 Å². The van der Waals surface area contributed by atoms with E-state index in [-0.39, 0.29) is 71.3 Å². The second-order valence-corrected chi connectivity index (χ2v) is 22.1. The Labute approximate surface area is 428 Å². The molecule has 19 heteroatoms. The van der Waals surface area contributed by atoms with E-state index < -0.39 is 23.7 Å². The molecule has 6 aliphatic rings. The number of halogens is 3. The first-order valence-corrected chi connectivity index (χ1v) is 27.2. The summed E-state index contributed by atoms with van der Waals surface area (Å²) in [5.41, 5.74) is 0.450. The number of unbranched alkanes of at least 4 members (excludes halogenated alkanes) is 1. The first kappa shape index (κ1) is 52.9. The van der Waals surface area contributed by atoms with Crippen LogP contribution >= 0.6 is 0 Å². The molecule has 0 unspecified atom stereocenters. The quantitative estimate of drug-likeness (QED) is 0.154. The zero-order valence-electron chi connectivity index (χ0n) is 43.2. The molecule has 0 spiro atoms. The Balaban J connectivity index is 0.696. The molecule has 398 valence electrons. The van der Waals surface area contributed by atoms with Gasteiger partial charge in [-0.2, -0.15) is 13.2 Å². The zero-order chi connectivity index (χ0) is 51.4. The topological polar surface area (TPSA) is 162 Å². The summed E-state index contributed by atoms with van der Waals surface area (Å²) in [7, 11) is 3.90. The largest absolute Gasteiger partial charge is 0.416 e. The van der Waals surface area contributed by atoms with Gasteiger partial charge in [0, 0.05) is 74.4 Å². The van der Waals surface area contributed by atoms with Gasteiger partial charge in [0.2, 0.25) is 23.6 Å². The van der Waals surface area contributed by atoms with Crippen molar-refractivity contribution in [2.75, 3.05) is 78.3 Å². The highest BCUT2D eigenvalue weighted by atomic mass is 19.4. The van der Waals surface area contributed by atoms with Crippen LogP contribution in [0.1, 0.15) is 114 Å². The molecule has 5 saturated heterocycles. The third-order valence-corrected chi connectivity index (χ3v) is 17.6. The number of pyridine rings is 1. The van der Waals surface area contributed by atoms with Gasteiger partial charge >= 0.3 is 6.18 Å². The number of hydrogen-bond acceptors (Lipinski definition) is 12. The highest BCUT2D eigenvalue weighted by molar-refractivity contribution is 5.93. The van der Waals surface area contributed by atoms with E-state index in [4.69, 9.17) is 0 Å². The number of hydrogen-bond donors (Lipinski definition) is 3. The number of anilines is 1. The smallest absolute Gasteiger partial charge is 0.358 e. The summed E-state index contributed by atoms with van der Waals surface area (Å²) in [6.45, 7) is 12.7. The van der Waals surface area contributed by atoms with Crippen molar-refractivity contribution in [2.45, 2.75) is 152 Å². The minimum absolute atomic E-state index is 0.0146. The summed E-state index contributed by atoms with van der Waals surface area (Å²) in [6, 6.07) is 7.52. The Bertz CT molecular complexity index is 2370. The second kappa shape index (κ2) is 23.3. The number of alkyl halides is 3. The predicted octanol–water partition coefficient (Wildman–Crippen LogP) is 5.56. The lowest BCUT2D eigenvalue weighted by Gasteiger charge is -2.46. The van der Waals surface area contributed by atoms with Crippen molar-refractivity contribution in [3.8, 4) is 0 Å². The van der Waals surface area contributed by atoms with Crippen molar-refractivity contribution < 1.29 is 32.3 Å². The van der Waals surface area contributed by atoms with Crippen molar-refractivity contribution in [1.29, 1.82) is 0 Å². The minimum atomic E-state index is -4.53. The molecule has 1 aromatic carbocycles. The number of carbonyl (C=O) groups is 4. The number of benzene rings is 1. The Morgan fingerprint density at radius 1 is 0.849 bits per heavy atom. The summed E-state index contributed by atoms with van der Waals surface area (Å²) >= 11 is 0. The number of rotatable bonds is 16. The lowest BCUT2D eigenvalue weighted by Crippen LogP contribution is -2.59. The Kier molecular flexibility index (Phi) is 16.9. The Hall–Kier alpha value is -4.98. The molecule has 0 radical (unpaired) electrons. The summed E-state index contributed by atoms with van der Waals surface area (Å²) < 4.78 is 40.9. The van der Waals surface area contributed by atoms with Crippen LogP contribution in [0.25, 0.3) is 10.9 Å². The van der Waals surface area contributed by atoms with Crippen LogP contribution in [0.2, 0.25) is 0 Å². The maximum atomic E-state index is 14.2. The number of nitrogens with one attached hydrogen (secondary N) is 3. The summed E-state index contributed by atoms with van der Waals surface area (Å²) in [5.74, 6) is -0.413. The van der Waals surface area contributed by atoms with Gasteiger partial charge in [-0.15, -0.1) is 0 Å². The van der Waals surface area contributed by atoms with Gasteiger partial charge in [-0.3, -0.25) is 24.2 Å². The molecule has 0 bridgehead atoms. The van der Waals surface area contributed by atoms with Crippen LogP contribution in [0, 0.1) is 11.8 Å². The van der Waals surface area contributed by atoms with E-state index in [0.29, 0.717) is 43.2 Å². The number of amides is 4. The van der Waals surface area contributed by atoms with Crippen LogP contribution in [0.15, 0.2) is 49.1 Å². The predicted molar refractivity (Wildman–Crippen MR) is 273 cm³/mol. The first-order valence-electron chi connectivity index (χ1n) is 27.2. The number of nitrogens with zero attached hydrogens (tertiary/aromatic N) is 9. The zero-order valence-corrected chi connectivity index (χ0v) is 43.2. The van der Waals surface area contributed by atoms with E-state index in [1.165, 1.54) is 25.2 Å². The molecule has 1 aliphatic carbocycles. The number of aromatic nitrogens is 3. The van der Waals surface area contributed by atoms with Crippen LogP contribution in [0.3, 0.4) is 0 Å². The van der Waals surface area contributed by atoms with E-state index in [1.807, 2.05) is 17.0 Å². The number of fused-ring (bicyclic) bond motifs is 1. The maximum absolute atomic E-state index is 14.2. The Morgan fingerprint density at radius 3 is 2.25 bits per heavy atom. The third kappa shape index (κ3) is 12.3. The number of piperidine rings is 3. The van der Waals surface area contributed by atoms with Crippen LogP contribution in [-0.4, -0.2) is 183 Å². The molecule has 1 saturated carbocycles. The van der Waals surface area contributed by atoms with E-state index in [0.717, 1.165) is 121 Å². The molecule has 5 aliphatic heterocycles. The molecule has 73 heavy (non-hydrogen) atoms. The molecule has 16 nitrogen and oxygen atoms in total. The number of likely N-dealkylation sites (tertiary alicyclic amines) is 5. The molecule has 9 rings (SSSR count). The summed E-state index contributed by atoms with van der Waals surface area (Å²) in [5, 5.41) is 9.99. The summed E-state index contributed by atoms with van der Waals surface area (Å²) in [6.07, 6.45) is 11.5. The molecule has 3 aromatic rings. The van der Waals surface area contributed by atoms with Gasteiger partial charge in [0.15, 0.2) is 0 Å². The second-order valence-electron chi connectivity index (χ2n) is 22.1. The fourth-order valence-corrected chi connectivity index (χ4v) is 13.0. The first-order chi connectivity index (χ1) is 35.1. The molecule has 3 N–H and O–H groups in total. The van der Waals surface area contributed by atoms with Gasteiger partial charge in [0.25, 0.3) is 0 Å². The van der Waals surface area contributed by atoms with Gasteiger partial charge in [-0.1, -0.05) is 6.07 Å². The van der Waals surface area contributed by atoms with E-state index >= 15 is 0 Å². The highest BCUT2D eigenvalue weighted by Crippen LogP contribution is 2.38. The molecule has 6 fully saturated rings. The van der Waals surface area contributed by atoms with Crippen molar-refractivity contribution in [3.05, 3.63) is 60.2 Å². The molecule has 7 heterocycles. The van der Waals surface area contributed by atoms with Gasteiger partial charge in [0.05, 0.1) is 35.1 Å². The van der Waals surface area contributed by atoms with Crippen LogP contribution in [0.5, 0.6) is 0 Å². The maximum Gasteiger partial charge on any atom is 0.416 e. The summed E-state index contributed by atoms with van der Waals surface area (Å²) in [4.78, 5) is 80.5. The van der Waals surface area contributed by atoms with Gasteiger partial charge in [-0.05, 0) is 174 Å². The third-order valence-electron chi connectivity index (χ3n) is 17.6. The van der Waals surface area contributed by atoms with Crippen molar-refractivity contribution >= 4 is 40.3 Å². The lowest BCUT2D eigenvalue weighted by molar-refractivity contribution is -0.137. The molecule has 4 amide bonds. The van der Waals surface area contributed by atoms with Crippen LogP contribution in [0.4, 0.5) is 19.0 Å². The molecular formula is C54H77F3N12O4. The average molecular weight is 1020 g/mol. The standard InChI is InChI=1S/C54H77F3N12O4/c1-35(2)64(3)41-10-12-47(69-29-19-45(53(69)73)62-50-42-30-38(54(55,56)57)9-11-44(42)60-34-61-50)46(31-41)63-51(71)36-13-25-67(26-14-36)40-17-27-68(28-18-40)39-15-23-66(24-16-39)22-6-5-21-59-52(72)43-32-48(70)65(4)49(43)37-8-7-20-58-33-37/h7-9,11,20,30,33-36,39-41,43,45-47,49H,5-6,10,12-19,21-29,31-32H2,1-4H3,(H,59,72)(H,63,71)(H,60,61,62)/t41-,43+,45+,46-,47+,49-/m1/s1. The normalized spacial score (nSPS) is 26.9. The lowest BCUT2D eigenvalue weighted by atomic mass is 9.83. The Morgan fingerprint density at radius 2 is 1.56 bits per heavy atom. The minimum Gasteiger partial charge on any atom is -0.358 e. The SMILES string of the molecule is CC(C)N(C)[C@@H]1CC[C@H](N2CC[C@H](Nc3ncnc4ccc(C(F)(F)F)cc34)C2=O)[C@H](NC(=O)C2CCN(C3CCN(C4CCN(CCCCNC(=O)[C@H]5CC(=O)N(C)[C@@H]5c5cccnc5)CC4)CC3)CC2)C1. The fourth-order valence-electron chi connectivity index (χ4n) is 13.0. The van der Waals surface area contributed by atoms with E-state index in [2.05, 4.69) is 71.4 Å². The van der Waals surface area contributed by atoms with Crippen molar-refractivity contribution in [3.63, 3.8) is 0 Å². The van der Waals surface area contributed by atoms with Gasteiger partial charge in [-0.25, -0.2) is 9.97 Å². The molecular weight excluding hydrogens is 938 g/mol. The van der Waals surface area contributed by atoms with Crippen LogP contribution < -0.4 is 16.0 Å². The monoisotopic (exact) mass is 1010 g/mol.